The molecule has 23 heavy (non-hydrogen) atoms. The molecular formula is C16H18N4O3. The van der Waals surface area contributed by atoms with Crippen LogP contribution in [0.4, 0.5) is 0 Å². The Morgan fingerprint density at radius 3 is 2.70 bits per heavy atom. The summed E-state index contributed by atoms with van der Waals surface area (Å²) in [6, 6.07) is 8.67. The van der Waals surface area contributed by atoms with E-state index in [-0.39, 0.29) is 30.9 Å². The summed E-state index contributed by atoms with van der Waals surface area (Å²) < 4.78 is 9.91. The van der Waals surface area contributed by atoms with E-state index in [0.717, 1.165) is 5.56 Å². The van der Waals surface area contributed by atoms with Gasteiger partial charge in [0.05, 0.1) is 12.5 Å². The van der Waals surface area contributed by atoms with Crippen LogP contribution in [0.25, 0.3) is 0 Å². The highest BCUT2D eigenvalue weighted by molar-refractivity contribution is 5.79. The van der Waals surface area contributed by atoms with E-state index in [9.17, 15) is 4.79 Å². The van der Waals surface area contributed by atoms with Gasteiger partial charge >= 0.3 is 0 Å². The third kappa shape index (κ3) is 4.81. The first kappa shape index (κ1) is 16.5. The summed E-state index contributed by atoms with van der Waals surface area (Å²) in [5, 5.41) is 15.2. The topological polar surface area (TPSA) is 101 Å². The molecule has 0 aliphatic carbocycles. The molecule has 1 atom stereocenters. The predicted octanol–water partition coefficient (Wildman–Crippen LogP) is 2.03. The molecule has 1 N–H and O–H groups in total. The summed E-state index contributed by atoms with van der Waals surface area (Å²) in [5.74, 6) is 1.08. The zero-order valence-corrected chi connectivity index (χ0v) is 13.0. The van der Waals surface area contributed by atoms with Gasteiger partial charge in [0.1, 0.15) is 11.8 Å². The van der Waals surface area contributed by atoms with Crippen molar-refractivity contribution in [2.45, 2.75) is 26.3 Å². The minimum Gasteiger partial charge on any atom is -0.479 e. The van der Waals surface area contributed by atoms with Crippen molar-refractivity contribution in [1.82, 2.24) is 15.5 Å². The number of carbonyl (C=O) groups is 1. The van der Waals surface area contributed by atoms with Gasteiger partial charge in [-0.25, -0.2) is 0 Å². The number of nitrogens with zero attached hydrogens (tertiary/aromatic N) is 3. The van der Waals surface area contributed by atoms with Gasteiger partial charge in [0.2, 0.25) is 12.3 Å². The van der Waals surface area contributed by atoms with E-state index in [1.54, 1.807) is 24.3 Å². The average molecular weight is 314 g/mol. The summed E-state index contributed by atoms with van der Waals surface area (Å²) in [5.41, 5.74) is 0.849. The van der Waals surface area contributed by atoms with E-state index in [1.807, 2.05) is 19.9 Å². The van der Waals surface area contributed by atoms with Gasteiger partial charge in [0.25, 0.3) is 0 Å². The van der Waals surface area contributed by atoms with Crippen LogP contribution in [0.2, 0.25) is 0 Å². The molecule has 1 amide bonds. The molecule has 1 aromatic heterocycles. The fourth-order valence-electron chi connectivity index (χ4n) is 2.07. The number of hydrogen-bond acceptors (Lipinski definition) is 6. The number of nitriles is 1. The van der Waals surface area contributed by atoms with Crippen LogP contribution in [0.3, 0.4) is 0 Å². The first-order valence-electron chi connectivity index (χ1n) is 7.24. The maximum atomic E-state index is 12.2. The normalized spacial score (nSPS) is 11.7. The third-order valence-electron chi connectivity index (χ3n) is 3.23. The summed E-state index contributed by atoms with van der Waals surface area (Å²) in [7, 11) is 0. The van der Waals surface area contributed by atoms with Crippen molar-refractivity contribution in [2.75, 3.05) is 6.61 Å². The Morgan fingerprint density at radius 2 is 2.13 bits per heavy atom. The number of carbonyl (C=O) groups excluding carboxylic acids is 1. The second-order valence-electron chi connectivity index (χ2n) is 5.35. The van der Waals surface area contributed by atoms with E-state index < -0.39 is 0 Å². The van der Waals surface area contributed by atoms with Crippen LogP contribution in [0.1, 0.15) is 31.3 Å². The lowest BCUT2D eigenvalue weighted by atomic mass is 10.0. The quantitative estimate of drug-likeness (QED) is 0.839. The van der Waals surface area contributed by atoms with E-state index in [0.29, 0.717) is 11.6 Å². The van der Waals surface area contributed by atoms with Crippen molar-refractivity contribution >= 4 is 5.91 Å². The van der Waals surface area contributed by atoms with Crippen LogP contribution in [0.15, 0.2) is 35.2 Å². The second kappa shape index (κ2) is 7.94. The molecule has 2 aromatic rings. The lowest BCUT2D eigenvalue weighted by molar-refractivity contribution is -0.121. The van der Waals surface area contributed by atoms with Crippen LogP contribution < -0.4 is 10.1 Å². The van der Waals surface area contributed by atoms with Crippen LogP contribution >= 0.6 is 0 Å². The number of aromatic nitrogens is 2. The molecule has 0 radical (unpaired) electrons. The standard InChI is InChI=1S/C16H18N4O3/c1-11(2)15(16-18-10-23-20-16)19-14(21)9-12-3-5-13(6-4-12)22-8-7-17/h3-6,10-11,15H,8-9H2,1-2H3,(H,19,21)/t15-/m1/s1. The Kier molecular flexibility index (Phi) is 5.69. The van der Waals surface area contributed by atoms with Gasteiger partial charge < -0.3 is 14.6 Å². The van der Waals surface area contributed by atoms with Gasteiger partial charge in [0, 0.05) is 0 Å². The Labute approximate surface area is 134 Å². The van der Waals surface area contributed by atoms with Gasteiger partial charge in [-0.05, 0) is 23.6 Å². The predicted molar refractivity (Wildman–Crippen MR) is 81.3 cm³/mol. The Balaban J connectivity index is 1.94. The molecule has 0 aliphatic heterocycles. The summed E-state index contributed by atoms with van der Waals surface area (Å²) in [6.45, 7) is 3.95. The molecule has 0 saturated heterocycles. The lowest BCUT2D eigenvalue weighted by Gasteiger charge is -2.19. The molecule has 0 aliphatic rings. The van der Waals surface area contributed by atoms with Gasteiger partial charge in [-0.2, -0.15) is 10.2 Å². The fraction of sp³-hybridized carbons (Fsp3) is 0.375. The number of amides is 1. The molecule has 0 fully saturated rings. The number of hydrogen-bond donors (Lipinski definition) is 1. The summed E-state index contributed by atoms with van der Waals surface area (Å²) >= 11 is 0. The highest BCUT2D eigenvalue weighted by Crippen LogP contribution is 2.18. The second-order valence-corrected chi connectivity index (χ2v) is 5.35. The summed E-state index contributed by atoms with van der Waals surface area (Å²) in [6.07, 6.45) is 1.48. The van der Waals surface area contributed by atoms with Crippen molar-refractivity contribution in [3.8, 4) is 11.8 Å². The molecule has 1 aromatic carbocycles. The minimum atomic E-state index is -0.292. The van der Waals surface area contributed by atoms with E-state index in [2.05, 4.69) is 15.5 Å². The van der Waals surface area contributed by atoms with Gasteiger partial charge in [-0.3, -0.25) is 4.79 Å². The maximum absolute atomic E-state index is 12.2. The SMILES string of the molecule is CC(C)[C@@H](NC(=O)Cc1ccc(OCC#N)cc1)c1ncon1. The van der Waals surface area contributed by atoms with Crippen molar-refractivity contribution in [3.63, 3.8) is 0 Å². The van der Waals surface area contributed by atoms with Crippen LogP contribution in [0.5, 0.6) is 5.75 Å². The number of ether oxygens (including phenoxy) is 1. The summed E-state index contributed by atoms with van der Waals surface area (Å²) in [4.78, 5) is 16.2. The van der Waals surface area contributed by atoms with E-state index >= 15 is 0 Å². The molecule has 1 heterocycles. The van der Waals surface area contributed by atoms with Crippen LogP contribution in [-0.4, -0.2) is 22.7 Å². The Bertz CT molecular complexity index is 660. The van der Waals surface area contributed by atoms with Gasteiger partial charge in [0.15, 0.2) is 12.4 Å². The molecule has 7 nitrogen and oxygen atoms in total. The molecule has 0 bridgehead atoms. The van der Waals surface area contributed by atoms with Crippen molar-refractivity contribution < 1.29 is 14.1 Å². The van der Waals surface area contributed by atoms with Crippen LogP contribution in [-0.2, 0) is 11.2 Å². The first-order chi connectivity index (χ1) is 11.1. The molecule has 0 spiro atoms. The Hall–Kier alpha value is -2.88. The van der Waals surface area contributed by atoms with Crippen LogP contribution in [0, 0.1) is 17.2 Å². The number of nitrogens with one attached hydrogen (secondary N) is 1. The molecule has 7 heteroatoms. The number of rotatable bonds is 7. The largest absolute Gasteiger partial charge is 0.479 e. The van der Waals surface area contributed by atoms with Crippen molar-refractivity contribution in [3.05, 3.63) is 42.0 Å². The molecule has 2 rings (SSSR count). The minimum absolute atomic E-state index is 0.000597. The van der Waals surface area contributed by atoms with Crippen molar-refractivity contribution in [2.24, 2.45) is 5.92 Å². The number of benzene rings is 1. The van der Waals surface area contributed by atoms with Gasteiger partial charge in [-0.15, -0.1) is 0 Å². The van der Waals surface area contributed by atoms with Gasteiger partial charge in [-0.1, -0.05) is 31.1 Å². The third-order valence-corrected chi connectivity index (χ3v) is 3.23. The van der Waals surface area contributed by atoms with E-state index in [4.69, 9.17) is 14.5 Å². The smallest absolute Gasteiger partial charge is 0.225 e. The molecule has 120 valence electrons. The monoisotopic (exact) mass is 314 g/mol. The zero-order valence-electron chi connectivity index (χ0n) is 13.0. The molecular weight excluding hydrogens is 296 g/mol. The highest BCUT2D eigenvalue weighted by Gasteiger charge is 2.22. The molecule has 0 saturated carbocycles. The lowest BCUT2D eigenvalue weighted by Crippen LogP contribution is -2.33. The van der Waals surface area contributed by atoms with Crippen molar-refractivity contribution in [1.29, 1.82) is 5.26 Å². The fourth-order valence-corrected chi connectivity index (χ4v) is 2.07. The highest BCUT2D eigenvalue weighted by atomic mass is 16.5. The zero-order chi connectivity index (χ0) is 16.7. The Morgan fingerprint density at radius 1 is 1.39 bits per heavy atom. The molecule has 0 unspecified atom stereocenters. The van der Waals surface area contributed by atoms with E-state index in [1.165, 1.54) is 6.39 Å². The average Bonchev–Trinajstić information content (AvgIpc) is 3.05. The maximum Gasteiger partial charge on any atom is 0.225 e. The first-order valence-corrected chi connectivity index (χ1v) is 7.24.